The van der Waals surface area contributed by atoms with Gasteiger partial charge < -0.3 is 4.74 Å². The molecule has 0 saturated heterocycles. The minimum absolute atomic E-state index is 0.0457. The Morgan fingerprint density at radius 1 is 1.25 bits per heavy atom. The fraction of sp³-hybridized carbons (Fsp3) is 0.267. The van der Waals surface area contributed by atoms with Crippen LogP contribution in [0.2, 0.25) is 5.15 Å². The maximum Gasteiger partial charge on any atom is 0.170 e. The first-order valence-corrected chi connectivity index (χ1v) is 6.54. The average Bonchev–Trinajstić information content (AvgIpc) is 2.43. The number of Topliss-reactive ketones (excluding diaryl/α,β-unsaturated/α-hetero) is 1. The van der Waals surface area contributed by atoms with Crippen molar-refractivity contribution >= 4 is 17.4 Å². The lowest BCUT2D eigenvalue weighted by Crippen LogP contribution is -2.08. The molecule has 0 N–H and O–H groups in total. The van der Waals surface area contributed by atoms with Crippen LogP contribution in [0.4, 0.5) is 0 Å². The first kappa shape index (κ1) is 14.5. The molecule has 0 fully saturated rings. The summed E-state index contributed by atoms with van der Waals surface area (Å²) >= 11 is 5.71. The number of nitrogens with zero attached hydrogens (tertiary/aromatic N) is 2. The van der Waals surface area contributed by atoms with Gasteiger partial charge in [-0.25, -0.2) is 4.98 Å². The zero-order chi connectivity index (χ0) is 14.7. The Labute approximate surface area is 122 Å². The van der Waals surface area contributed by atoms with Crippen LogP contribution in [-0.2, 0) is 6.42 Å². The molecule has 0 aromatic carbocycles. The molecule has 5 heteroatoms. The summed E-state index contributed by atoms with van der Waals surface area (Å²) in [5.41, 5.74) is 3.08. The third-order valence-electron chi connectivity index (χ3n) is 3.13. The molecule has 0 aliphatic rings. The Balaban J connectivity index is 2.26. The van der Waals surface area contributed by atoms with E-state index in [1.807, 2.05) is 13.8 Å². The molecule has 2 rings (SSSR count). The minimum atomic E-state index is -0.0457. The third kappa shape index (κ3) is 2.96. The molecule has 20 heavy (non-hydrogen) atoms. The number of rotatable bonds is 4. The maximum atomic E-state index is 12.2. The fourth-order valence-corrected chi connectivity index (χ4v) is 2.16. The predicted octanol–water partition coefficient (Wildman–Crippen LogP) is 3.18. The van der Waals surface area contributed by atoms with Gasteiger partial charge in [-0.05, 0) is 26.0 Å². The van der Waals surface area contributed by atoms with E-state index in [0.29, 0.717) is 16.4 Å². The van der Waals surface area contributed by atoms with E-state index >= 15 is 0 Å². The van der Waals surface area contributed by atoms with E-state index < -0.39 is 0 Å². The summed E-state index contributed by atoms with van der Waals surface area (Å²) in [6, 6.07) is 3.27. The second-order valence-electron chi connectivity index (χ2n) is 4.52. The van der Waals surface area contributed by atoms with Crippen molar-refractivity contribution < 1.29 is 9.53 Å². The summed E-state index contributed by atoms with van der Waals surface area (Å²) in [6.45, 7) is 3.83. The molecule has 0 amide bonds. The topological polar surface area (TPSA) is 52.1 Å². The third-order valence-corrected chi connectivity index (χ3v) is 3.35. The number of hydrogen-bond donors (Lipinski definition) is 0. The Morgan fingerprint density at radius 3 is 2.60 bits per heavy atom. The van der Waals surface area contributed by atoms with Crippen molar-refractivity contribution in [3.05, 3.63) is 52.1 Å². The van der Waals surface area contributed by atoms with E-state index in [1.165, 1.54) is 6.20 Å². The standard InChI is InChI=1S/C15H15ClN2O2/c1-9-7-17-12(10(2)15(9)20-3)6-13(19)11-4-5-14(16)18-8-11/h4-5,7-8H,6H2,1-3H3. The second-order valence-corrected chi connectivity index (χ2v) is 4.90. The lowest BCUT2D eigenvalue weighted by atomic mass is 10.0. The van der Waals surface area contributed by atoms with E-state index in [1.54, 1.807) is 25.4 Å². The molecule has 0 spiro atoms. The van der Waals surface area contributed by atoms with Crippen LogP contribution in [0.5, 0.6) is 5.75 Å². The van der Waals surface area contributed by atoms with Gasteiger partial charge in [0.1, 0.15) is 10.9 Å². The molecule has 0 unspecified atom stereocenters. The molecule has 0 saturated carbocycles. The molecule has 0 aliphatic heterocycles. The smallest absolute Gasteiger partial charge is 0.170 e. The average molecular weight is 291 g/mol. The zero-order valence-electron chi connectivity index (χ0n) is 11.6. The molecule has 0 aliphatic carbocycles. The minimum Gasteiger partial charge on any atom is -0.496 e. The quantitative estimate of drug-likeness (QED) is 0.641. The van der Waals surface area contributed by atoms with Gasteiger partial charge in [0.2, 0.25) is 0 Å². The van der Waals surface area contributed by atoms with Crippen LogP contribution < -0.4 is 4.74 Å². The summed E-state index contributed by atoms with van der Waals surface area (Å²) in [5, 5.41) is 0.368. The van der Waals surface area contributed by atoms with Gasteiger partial charge in [-0.3, -0.25) is 9.78 Å². The van der Waals surface area contributed by atoms with Crippen molar-refractivity contribution in [3.8, 4) is 5.75 Å². The van der Waals surface area contributed by atoms with Crippen molar-refractivity contribution in [2.75, 3.05) is 7.11 Å². The van der Waals surface area contributed by atoms with Gasteiger partial charge in [0.15, 0.2) is 5.78 Å². The van der Waals surface area contributed by atoms with E-state index in [0.717, 1.165) is 16.9 Å². The Bertz CT molecular complexity index is 639. The molecule has 0 bridgehead atoms. The predicted molar refractivity (Wildman–Crippen MR) is 77.5 cm³/mol. The van der Waals surface area contributed by atoms with Crippen molar-refractivity contribution in [1.29, 1.82) is 0 Å². The van der Waals surface area contributed by atoms with Crippen LogP contribution in [0.3, 0.4) is 0 Å². The number of hydrogen-bond acceptors (Lipinski definition) is 4. The highest BCUT2D eigenvalue weighted by molar-refractivity contribution is 6.29. The van der Waals surface area contributed by atoms with Gasteiger partial charge in [-0.15, -0.1) is 0 Å². The highest BCUT2D eigenvalue weighted by atomic mass is 35.5. The van der Waals surface area contributed by atoms with E-state index in [-0.39, 0.29) is 12.2 Å². The van der Waals surface area contributed by atoms with Crippen molar-refractivity contribution in [2.45, 2.75) is 20.3 Å². The molecule has 104 valence electrons. The number of aromatic nitrogens is 2. The summed E-state index contributed by atoms with van der Waals surface area (Å²) in [5.74, 6) is 0.729. The molecule has 4 nitrogen and oxygen atoms in total. The largest absolute Gasteiger partial charge is 0.496 e. The van der Waals surface area contributed by atoms with Gasteiger partial charge in [0, 0.05) is 29.1 Å². The van der Waals surface area contributed by atoms with Crippen molar-refractivity contribution in [3.63, 3.8) is 0 Å². The number of halogens is 1. The Hall–Kier alpha value is -1.94. The summed E-state index contributed by atoms with van der Waals surface area (Å²) in [6.07, 6.45) is 3.41. The lowest BCUT2D eigenvalue weighted by Gasteiger charge is -2.11. The number of ketones is 1. The summed E-state index contributed by atoms with van der Waals surface area (Å²) in [7, 11) is 1.62. The first-order chi connectivity index (χ1) is 9.52. The van der Waals surface area contributed by atoms with Crippen LogP contribution in [0.1, 0.15) is 27.2 Å². The summed E-state index contributed by atoms with van der Waals surface area (Å²) < 4.78 is 5.34. The normalized spacial score (nSPS) is 10.4. The molecule has 0 radical (unpaired) electrons. The van der Waals surface area contributed by atoms with Gasteiger partial charge >= 0.3 is 0 Å². The van der Waals surface area contributed by atoms with Crippen LogP contribution in [-0.4, -0.2) is 22.9 Å². The van der Waals surface area contributed by atoms with Crippen molar-refractivity contribution in [2.24, 2.45) is 0 Å². The Kier molecular flexibility index (Phi) is 4.35. The summed E-state index contributed by atoms with van der Waals surface area (Å²) in [4.78, 5) is 20.4. The van der Waals surface area contributed by atoms with Gasteiger partial charge in [-0.1, -0.05) is 11.6 Å². The maximum absolute atomic E-state index is 12.2. The second kappa shape index (κ2) is 6.01. The van der Waals surface area contributed by atoms with E-state index in [9.17, 15) is 4.79 Å². The SMILES string of the molecule is COc1c(C)cnc(CC(=O)c2ccc(Cl)nc2)c1C. The van der Waals surface area contributed by atoms with Gasteiger partial charge in [-0.2, -0.15) is 0 Å². The number of pyridine rings is 2. The van der Waals surface area contributed by atoms with Crippen LogP contribution >= 0.6 is 11.6 Å². The first-order valence-electron chi connectivity index (χ1n) is 6.16. The Morgan fingerprint density at radius 2 is 2.00 bits per heavy atom. The highest BCUT2D eigenvalue weighted by Crippen LogP contribution is 2.24. The molecular weight excluding hydrogens is 276 g/mol. The molecular formula is C15H15ClN2O2. The molecule has 2 aromatic heterocycles. The van der Waals surface area contributed by atoms with Gasteiger partial charge in [0.25, 0.3) is 0 Å². The van der Waals surface area contributed by atoms with E-state index in [4.69, 9.17) is 16.3 Å². The monoisotopic (exact) mass is 290 g/mol. The number of carbonyl (C=O) groups is 1. The number of methoxy groups -OCH3 is 1. The van der Waals surface area contributed by atoms with Gasteiger partial charge in [0.05, 0.1) is 19.2 Å². The van der Waals surface area contributed by atoms with Crippen molar-refractivity contribution in [1.82, 2.24) is 9.97 Å². The highest BCUT2D eigenvalue weighted by Gasteiger charge is 2.14. The van der Waals surface area contributed by atoms with Crippen LogP contribution in [0.15, 0.2) is 24.5 Å². The number of ether oxygens (including phenoxy) is 1. The number of aryl methyl sites for hydroxylation is 1. The number of carbonyl (C=O) groups excluding carboxylic acids is 1. The molecule has 2 heterocycles. The van der Waals surface area contributed by atoms with E-state index in [2.05, 4.69) is 9.97 Å². The van der Waals surface area contributed by atoms with Crippen LogP contribution in [0.25, 0.3) is 0 Å². The lowest BCUT2D eigenvalue weighted by molar-refractivity contribution is 0.0991. The zero-order valence-corrected chi connectivity index (χ0v) is 12.4. The molecule has 2 aromatic rings. The fourth-order valence-electron chi connectivity index (χ4n) is 2.04. The van der Waals surface area contributed by atoms with Crippen LogP contribution in [0, 0.1) is 13.8 Å². The molecule has 0 atom stereocenters.